The number of hydrogen-bond donors (Lipinski definition) is 1. The highest BCUT2D eigenvalue weighted by Crippen LogP contribution is 2.28. The summed E-state index contributed by atoms with van der Waals surface area (Å²) in [7, 11) is 0. The van der Waals surface area contributed by atoms with Crippen LogP contribution in [0.25, 0.3) is 0 Å². The van der Waals surface area contributed by atoms with E-state index in [1.54, 1.807) is 0 Å². The van der Waals surface area contributed by atoms with Crippen molar-refractivity contribution in [2.45, 2.75) is 64.6 Å². The van der Waals surface area contributed by atoms with Gasteiger partial charge in [0, 0.05) is 25.0 Å². The van der Waals surface area contributed by atoms with Crippen LogP contribution in [0.1, 0.15) is 50.7 Å². The Morgan fingerprint density at radius 2 is 1.02 bits per heavy atom. The molecule has 0 spiro atoms. The quantitative estimate of drug-likeness (QED) is 0.154. The number of para-hydroxylation sites is 4. The average molecular weight is 768 g/mol. The van der Waals surface area contributed by atoms with Gasteiger partial charge in [-0.05, 0) is 114 Å². The number of nitrogens with one attached hydrogen (secondary N) is 1. The van der Waals surface area contributed by atoms with Crippen molar-refractivity contribution >= 4 is 28.3 Å². The van der Waals surface area contributed by atoms with Crippen LogP contribution >= 0.6 is 28.3 Å². The summed E-state index contributed by atoms with van der Waals surface area (Å²) in [6.07, 6.45) is 4.27. The third kappa shape index (κ3) is 14.6. The monoisotopic (exact) mass is 766 g/mol. The molecule has 0 saturated carbocycles. The van der Waals surface area contributed by atoms with Gasteiger partial charge >= 0.3 is 0 Å². The number of piperidine rings is 2. The van der Waals surface area contributed by atoms with Gasteiger partial charge in [0.25, 0.3) is 0 Å². The number of benzene rings is 4. The van der Waals surface area contributed by atoms with Gasteiger partial charge < -0.3 is 24.3 Å². The van der Waals surface area contributed by atoms with Gasteiger partial charge in [-0.3, -0.25) is 4.90 Å². The number of alkyl halides is 1. The van der Waals surface area contributed by atoms with Crippen LogP contribution < -0.4 is 24.3 Å². The van der Waals surface area contributed by atoms with Gasteiger partial charge in [-0.25, -0.2) is 0 Å². The maximum absolute atomic E-state index is 6.22. The minimum atomic E-state index is -0.0608. The van der Waals surface area contributed by atoms with Crippen LogP contribution in [0.15, 0.2) is 109 Å². The van der Waals surface area contributed by atoms with E-state index in [9.17, 15) is 0 Å². The molecule has 2 fully saturated rings. The van der Waals surface area contributed by atoms with Crippen LogP contribution in [0.4, 0.5) is 0 Å². The summed E-state index contributed by atoms with van der Waals surface area (Å²) in [4.78, 5) is 2.47. The van der Waals surface area contributed by atoms with Crippen LogP contribution in [0.2, 0.25) is 0 Å². The summed E-state index contributed by atoms with van der Waals surface area (Å²) in [6, 6.07) is 36.4. The maximum Gasteiger partial charge on any atom is 0.122 e. The molecule has 0 unspecified atom stereocenters. The van der Waals surface area contributed by atoms with Gasteiger partial charge in [-0.1, -0.05) is 88.7 Å². The largest absolute Gasteiger partial charge is 0.492 e. The Morgan fingerprint density at radius 1 is 0.600 bits per heavy atom. The smallest absolute Gasteiger partial charge is 0.122 e. The Kier molecular flexibility index (Phi) is 18.0. The number of hydrogen-bond acceptors (Lipinski definition) is 6. The van der Waals surface area contributed by atoms with Crippen LogP contribution in [0.3, 0.4) is 0 Å². The van der Waals surface area contributed by atoms with Gasteiger partial charge in [0.2, 0.25) is 0 Å². The number of halogens is 2. The molecular weight excluding hydrogens is 712 g/mol. The zero-order valence-electron chi connectivity index (χ0n) is 30.2. The second-order valence-electron chi connectivity index (χ2n) is 13.2. The Bertz CT molecular complexity index is 1480. The minimum Gasteiger partial charge on any atom is -0.492 e. The first-order valence-electron chi connectivity index (χ1n) is 17.6. The predicted octanol–water partition coefficient (Wildman–Crippen LogP) is 9.71. The van der Waals surface area contributed by atoms with Gasteiger partial charge in [0.1, 0.15) is 40.8 Å². The minimum absolute atomic E-state index is 0. The van der Waals surface area contributed by atoms with Crippen LogP contribution in [-0.4, -0.2) is 67.4 Å². The van der Waals surface area contributed by atoms with E-state index >= 15 is 0 Å². The normalized spacial score (nSPS) is 16.2. The Morgan fingerprint density at radius 3 is 1.48 bits per heavy atom. The highest BCUT2D eigenvalue weighted by molar-refractivity contribution is 9.09. The number of rotatable bonds is 11. The van der Waals surface area contributed by atoms with E-state index in [1.807, 2.05) is 110 Å². The van der Waals surface area contributed by atoms with Gasteiger partial charge in [-0.15, -0.1) is 12.4 Å². The number of ether oxygens (including phenoxy) is 4. The van der Waals surface area contributed by atoms with Gasteiger partial charge in [0.05, 0.1) is 6.61 Å². The summed E-state index contributed by atoms with van der Waals surface area (Å²) >= 11 is 3.31. The average Bonchev–Trinajstić information content (AvgIpc) is 3.11. The standard InChI is InChI=1S/C21H27NO2.C12H17NO.C9H11BrO.ClH/c1-18-8-6-7-11-20(18)23-17-16-22-14-12-21(2,13-15-22)24-19-9-4-3-5-10-19;1-12(7-9-13-10-8-12)14-11-5-3-2-4-6-11;1-8-4-2-3-5-9(8)11-7-6-10;/h3-11H,12-17H2,1-2H3;2-6,13H,7-10H2,1H3;2-5H,6-7H2,1H3;1H. The SMILES string of the molecule is CC1(Oc2ccccc2)CCNCC1.Cc1ccccc1OCCBr.Cc1ccccc1OCCN1CCC(C)(Oc2ccccc2)CC1.Cl. The van der Waals surface area contributed by atoms with Crippen molar-refractivity contribution in [3.63, 3.8) is 0 Å². The molecule has 6 rings (SSSR count). The lowest BCUT2D eigenvalue weighted by Gasteiger charge is -2.39. The van der Waals surface area contributed by atoms with Crippen molar-refractivity contribution in [3.05, 3.63) is 120 Å². The van der Waals surface area contributed by atoms with Crippen LogP contribution in [0, 0.1) is 13.8 Å². The predicted molar refractivity (Wildman–Crippen MR) is 213 cm³/mol. The molecule has 4 aromatic rings. The van der Waals surface area contributed by atoms with Crippen LogP contribution in [0.5, 0.6) is 23.0 Å². The molecule has 0 aromatic heterocycles. The molecule has 0 atom stereocenters. The number of nitrogens with zero attached hydrogens (tertiary/aromatic N) is 1. The lowest BCUT2D eigenvalue weighted by Crippen LogP contribution is -2.47. The lowest BCUT2D eigenvalue weighted by atomic mass is 9.93. The molecule has 2 saturated heterocycles. The molecule has 2 aliphatic heterocycles. The summed E-state index contributed by atoms with van der Waals surface area (Å²) in [5.74, 6) is 3.92. The van der Waals surface area contributed by atoms with E-state index in [0.717, 1.165) is 99.9 Å². The van der Waals surface area contributed by atoms with Gasteiger partial charge in [-0.2, -0.15) is 0 Å². The van der Waals surface area contributed by atoms with Crippen molar-refractivity contribution in [2.75, 3.05) is 51.3 Å². The van der Waals surface area contributed by atoms with Crippen molar-refractivity contribution in [1.29, 1.82) is 0 Å². The van der Waals surface area contributed by atoms with Gasteiger partial charge in [0.15, 0.2) is 0 Å². The van der Waals surface area contributed by atoms with Crippen LogP contribution in [-0.2, 0) is 0 Å². The van der Waals surface area contributed by atoms with E-state index in [-0.39, 0.29) is 23.6 Å². The Hall–Kier alpha value is -3.23. The summed E-state index contributed by atoms with van der Waals surface area (Å²) < 4.78 is 23.6. The van der Waals surface area contributed by atoms with E-state index in [0.29, 0.717) is 0 Å². The number of aryl methyl sites for hydroxylation is 2. The first-order valence-corrected chi connectivity index (χ1v) is 18.7. The van der Waals surface area contributed by atoms with E-state index in [2.05, 4.69) is 53.0 Å². The Balaban J connectivity index is 0.000000221. The van der Waals surface area contributed by atoms with Crippen molar-refractivity contribution in [2.24, 2.45) is 0 Å². The maximum atomic E-state index is 6.22. The Labute approximate surface area is 315 Å². The fourth-order valence-corrected chi connectivity index (χ4v) is 5.99. The van der Waals surface area contributed by atoms with E-state index < -0.39 is 0 Å². The molecule has 4 aromatic carbocycles. The molecular formula is C42H56BrClN2O4. The van der Waals surface area contributed by atoms with Crippen molar-refractivity contribution < 1.29 is 18.9 Å². The fourth-order valence-electron chi connectivity index (χ4n) is 5.83. The van der Waals surface area contributed by atoms with E-state index in [4.69, 9.17) is 18.9 Å². The molecule has 2 heterocycles. The third-order valence-corrected chi connectivity index (χ3v) is 9.30. The molecule has 1 N–H and O–H groups in total. The molecule has 0 amide bonds. The van der Waals surface area contributed by atoms with Crippen molar-refractivity contribution in [1.82, 2.24) is 10.2 Å². The summed E-state index contributed by atoms with van der Waals surface area (Å²) in [5.41, 5.74) is 2.34. The highest BCUT2D eigenvalue weighted by Gasteiger charge is 2.32. The first kappa shape index (κ1) is 41.2. The fraction of sp³-hybridized carbons (Fsp3) is 0.429. The molecule has 50 heavy (non-hydrogen) atoms. The first-order chi connectivity index (χ1) is 23.8. The lowest BCUT2D eigenvalue weighted by molar-refractivity contribution is 0.0135. The number of likely N-dealkylation sites (tertiary alicyclic amines) is 1. The zero-order valence-corrected chi connectivity index (χ0v) is 32.6. The second kappa shape index (κ2) is 21.9. The summed E-state index contributed by atoms with van der Waals surface area (Å²) in [6.45, 7) is 15.2. The van der Waals surface area contributed by atoms with Crippen molar-refractivity contribution in [3.8, 4) is 23.0 Å². The molecule has 0 radical (unpaired) electrons. The molecule has 0 aliphatic carbocycles. The van der Waals surface area contributed by atoms with E-state index in [1.165, 1.54) is 11.1 Å². The summed E-state index contributed by atoms with van der Waals surface area (Å²) in [5, 5.41) is 4.22. The highest BCUT2D eigenvalue weighted by atomic mass is 79.9. The molecule has 272 valence electrons. The molecule has 0 bridgehead atoms. The molecule has 2 aliphatic rings. The third-order valence-electron chi connectivity index (χ3n) is 8.98. The zero-order chi connectivity index (χ0) is 34.8. The molecule has 8 heteroatoms. The second-order valence-corrected chi connectivity index (χ2v) is 14.0. The molecule has 6 nitrogen and oxygen atoms in total. The topological polar surface area (TPSA) is 52.2 Å².